The smallest absolute Gasteiger partial charge is 0.131 e. The normalized spacial score (nSPS) is 11.8. The van der Waals surface area contributed by atoms with Gasteiger partial charge in [0.25, 0.3) is 0 Å². The molecule has 71 heavy (non-hydrogen) atoms. The second-order valence-corrected chi connectivity index (χ2v) is 20.2. The van der Waals surface area contributed by atoms with Crippen LogP contribution in [0.5, 0.6) is 0 Å². The number of aliphatic hydroxyl groups excluding tert-OH is 3. The lowest BCUT2D eigenvalue weighted by atomic mass is 9.89. The fourth-order valence-electron chi connectivity index (χ4n) is 9.89. The largest absolute Gasteiger partial charge is 0.396 e. The maximum Gasteiger partial charge on any atom is 0.131 e. The van der Waals surface area contributed by atoms with Crippen molar-refractivity contribution in [2.24, 2.45) is 11.8 Å². The van der Waals surface area contributed by atoms with E-state index in [1.807, 2.05) is 18.2 Å². The van der Waals surface area contributed by atoms with Crippen LogP contribution in [-0.4, -0.2) is 35.1 Å². The first-order valence-electron chi connectivity index (χ1n) is 27.8. The fraction of sp³-hybridized carbons (Fsp3) is 0.463. The summed E-state index contributed by atoms with van der Waals surface area (Å²) >= 11 is 0. The fourth-order valence-corrected chi connectivity index (χ4v) is 9.89. The number of unbranched alkanes of at least 4 members (excludes halogenated alkanes) is 4. The Kier molecular flexibility index (Phi) is 25.4. The van der Waals surface area contributed by atoms with E-state index in [1.54, 1.807) is 6.07 Å². The Labute approximate surface area is 430 Å². The van der Waals surface area contributed by atoms with Crippen molar-refractivity contribution in [3.63, 3.8) is 0 Å². The van der Waals surface area contributed by atoms with Gasteiger partial charge >= 0.3 is 0 Å². The SMILES string of the molecule is CCCCCc1ccc(CCc2ccc(-c3ccc(CCC(CC)CO)cc3CC)c(CC)c2)cc1.CCCCCc1ccc(CCc2ccc(-c3ccc(CCC(CO)CO)cc3CC)c(F)c2)cc1. The van der Waals surface area contributed by atoms with Gasteiger partial charge in [0.1, 0.15) is 5.82 Å². The van der Waals surface area contributed by atoms with E-state index in [-0.39, 0.29) is 24.9 Å². The van der Waals surface area contributed by atoms with Gasteiger partial charge in [-0.2, -0.15) is 0 Å². The summed E-state index contributed by atoms with van der Waals surface area (Å²) in [6, 6.07) is 44.2. The first-order valence-corrected chi connectivity index (χ1v) is 27.8. The van der Waals surface area contributed by atoms with E-state index in [9.17, 15) is 15.3 Å². The van der Waals surface area contributed by atoms with Crippen molar-refractivity contribution in [3.05, 3.63) is 188 Å². The van der Waals surface area contributed by atoms with Gasteiger partial charge in [0.2, 0.25) is 0 Å². The number of aliphatic hydroxyl groups is 3. The van der Waals surface area contributed by atoms with Gasteiger partial charge in [-0.1, -0.05) is 189 Å². The molecular weight excluding hydrogens is 872 g/mol. The molecule has 0 saturated carbocycles. The van der Waals surface area contributed by atoms with Crippen LogP contribution in [-0.2, 0) is 70.6 Å². The Morgan fingerprint density at radius 3 is 1.00 bits per heavy atom. The zero-order valence-corrected chi connectivity index (χ0v) is 44.7. The second-order valence-electron chi connectivity index (χ2n) is 20.2. The highest BCUT2D eigenvalue weighted by molar-refractivity contribution is 5.72. The molecule has 6 aromatic rings. The average Bonchev–Trinajstić information content (AvgIpc) is 3.41. The molecule has 1 atom stereocenters. The summed E-state index contributed by atoms with van der Waals surface area (Å²) < 4.78 is 15.2. The number of hydrogen-bond donors (Lipinski definition) is 3. The van der Waals surface area contributed by atoms with E-state index in [1.165, 1.54) is 101 Å². The maximum absolute atomic E-state index is 15.2. The minimum atomic E-state index is -0.170. The first kappa shape index (κ1) is 57.0. The molecule has 0 spiro atoms. The van der Waals surface area contributed by atoms with Crippen LogP contribution >= 0.6 is 0 Å². The van der Waals surface area contributed by atoms with E-state index in [4.69, 9.17) is 0 Å². The highest BCUT2D eigenvalue weighted by atomic mass is 19.1. The summed E-state index contributed by atoms with van der Waals surface area (Å²) in [7, 11) is 0. The Bertz CT molecular complexity index is 2420. The number of rotatable bonds is 29. The molecule has 0 radical (unpaired) electrons. The third-order valence-electron chi connectivity index (χ3n) is 14.9. The van der Waals surface area contributed by atoms with Crippen molar-refractivity contribution in [3.8, 4) is 22.3 Å². The number of benzene rings is 6. The number of hydrogen-bond acceptors (Lipinski definition) is 3. The molecule has 0 aliphatic carbocycles. The lowest BCUT2D eigenvalue weighted by Gasteiger charge is -2.16. The summed E-state index contributed by atoms with van der Waals surface area (Å²) in [4.78, 5) is 0. The van der Waals surface area contributed by atoms with E-state index < -0.39 is 0 Å². The van der Waals surface area contributed by atoms with Crippen LogP contribution in [0.3, 0.4) is 0 Å². The molecule has 3 nitrogen and oxygen atoms in total. The topological polar surface area (TPSA) is 60.7 Å². The standard InChI is InChI=1S/C35H48O.C32H41FO2/c1-5-9-10-11-28-13-15-29(16-14-28)17-19-31-21-23-35(33(8-4)25-31)34-22-20-30(24-32(34)7-3)18-12-27(6-2)26-36;1-3-5-6-7-24-8-10-25(11-9-24)12-13-27-17-19-31(32(33)21-27)30-18-16-26(20-29(30)4-2)14-15-28(22-34)23-35/h13-16,20-25,27,36H,5-12,17-19,26H2,1-4H3;8-11,16-21,28,34-35H,3-7,12-15,22-23H2,1-2H3. The van der Waals surface area contributed by atoms with E-state index >= 15 is 4.39 Å². The highest BCUT2D eigenvalue weighted by Gasteiger charge is 2.15. The summed E-state index contributed by atoms with van der Waals surface area (Å²) in [5.41, 5.74) is 19.0. The predicted molar refractivity (Wildman–Crippen MR) is 301 cm³/mol. The van der Waals surface area contributed by atoms with Crippen LogP contribution in [0.2, 0.25) is 0 Å². The molecule has 1 unspecified atom stereocenters. The van der Waals surface area contributed by atoms with Crippen LogP contribution in [0, 0.1) is 17.7 Å². The zero-order chi connectivity index (χ0) is 50.8. The molecule has 0 aliphatic rings. The molecule has 382 valence electrons. The Hall–Kier alpha value is -4.87. The maximum atomic E-state index is 15.2. The molecule has 0 aromatic heterocycles. The average molecular weight is 961 g/mol. The van der Waals surface area contributed by atoms with Crippen molar-refractivity contribution in [1.29, 1.82) is 0 Å². The molecule has 6 aromatic carbocycles. The summed E-state index contributed by atoms with van der Waals surface area (Å²) in [5, 5.41) is 28.1. The quantitative estimate of drug-likeness (QED) is 0.0411. The van der Waals surface area contributed by atoms with E-state index in [0.29, 0.717) is 18.1 Å². The van der Waals surface area contributed by atoms with Crippen LogP contribution in [0.15, 0.2) is 121 Å². The molecule has 0 amide bonds. The van der Waals surface area contributed by atoms with Gasteiger partial charge in [-0.05, 0) is 186 Å². The first-order chi connectivity index (χ1) is 34.7. The van der Waals surface area contributed by atoms with Crippen LogP contribution in [0.4, 0.5) is 4.39 Å². The zero-order valence-electron chi connectivity index (χ0n) is 44.7. The van der Waals surface area contributed by atoms with Crippen molar-refractivity contribution in [1.82, 2.24) is 0 Å². The molecule has 6 rings (SSSR count). The van der Waals surface area contributed by atoms with Crippen molar-refractivity contribution >= 4 is 0 Å². The van der Waals surface area contributed by atoms with Gasteiger partial charge in [-0.3, -0.25) is 0 Å². The third-order valence-corrected chi connectivity index (χ3v) is 14.9. The van der Waals surface area contributed by atoms with Crippen molar-refractivity contribution in [2.75, 3.05) is 19.8 Å². The van der Waals surface area contributed by atoms with Gasteiger partial charge in [0, 0.05) is 31.3 Å². The summed E-state index contributed by atoms with van der Waals surface area (Å²) in [6.45, 7) is 13.6. The molecule has 0 bridgehead atoms. The predicted octanol–water partition coefficient (Wildman–Crippen LogP) is 16.1. The Morgan fingerprint density at radius 2 is 0.648 bits per heavy atom. The van der Waals surface area contributed by atoms with E-state index in [2.05, 4.69) is 139 Å². The van der Waals surface area contributed by atoms with E-state index in [0.717, 1.165) is 106 Å². The Morgan fingerprint density at radius 1 is 0.338 bits per heavy atom. The van der Waals surface area contributed by atoms with Crippen molar-refractivity contribution in [2.45, 2.75) is 170 Å². The van der Waals surface area contributed by atoms with Gasteiger partial charge < -0.3 is 15.3 Å². The molecule has 0 fully saturated rings. The monoisotopic (exact) mass is 961 g/mol. The van der Waals surface area contributed by atoms with Crippen LogP contribution in [0.1, 0.15) is 161 Å². The molecule has 0 aliphatic heterocycles. The molecule has 4 heteroatoms. The number of halogens is 1. The minimum Gasteiger partial charge on any atom is -0.396 e. The van der Waals surface area contributed by atoms with Crippen LogP contribution in [0.25, 0.3) is 22.3 Å². The highest BCUT2D eigenvalue weighted by Crippen LogP contribution is 2.32. The summed E-state index contributed by atoms with van der Waals surface area (Å²) in [6.07, 6.45) is 21.5. The molecule has 0 heterocycles. The van der Waals surface area contributed by atoms with Gasteiger partial charge in [0.05, 0.1) is 0 Å². The van der Waals surface area contributed by atoms with Gasteiger partial charge in [-0.15, -0.1) is 0 Å². The molecule has 0 saturated heterocycles. The second kappa shape index (κ2) is 31.6. The van der Waals surface area contributed by atoms with Gasteiger partial charge in [-0.25, -0.2) is 4.39 Å². The lowest BCUT2D eigenvalue weighted by Crippen LogP contribution is -2.12. The molecular formula is C67H89FO3. The number of aryl methyl sites for hydroxylation is 11. The van der Waals surface area contributed by atoms with Gasteiger partial charge in [0.15, 0.2) is 0 Å². The third kappa shape index (κ3) is 18.3. The molecule has 3 N–H and O–H groups in total. The lowest BCUT2D eigenvalue weighted by molar-refractivity contribution is 0.144. The Balaban J connectivity index is 0.000000264. The minimum absolute atomic E-state index is 0.00284. The van der Waals surface area contributed by atoms with Crippen LogP contribution < -0.4 is 0 Å². The summed E-state index contributed by atoms with van der Waals surface area (Å²) in [5.74, 6) is 0.156. The van der Waals surface area contributed by atoms with Crippen molar-refractivity contribution < 1.29 is 19.7 Å².